The van der Waals surface area contributed by atoms with Crippen LogP contribution < -0.4 is 5.32 Å². The summed E-state index contributed by atoms with van der Waals surface area (Å²) in [6.45, 7) is 7.53. The molecule has 0 radical (unpaired) electrons. The lowest BCUT2D eigenvalue weighted by atomic mass is 10.1. The molecule has 0 aromatic carbocycles. The lowest BCUT2D eigenvalue weighted by Gasteiger charge is -2.13. The predicted octanol–water partition coefficient (Wildman–Crippen LogP) is 5.59. The first kappa shape index (κ1) is 17.1. The molecular weight excluding hydrogens is 461 g/mol. The average molecular weight is 480 g/mol. The fourth-order valence-electron chi connectivity index (χ4n) is 1.92. The number of nitrogens with one attached hydrogen (secondary N) is 1. The third kappa shape index (κ3) is 4.63. The fraction of sp³-hybridized carbons (Fsp3) is 0.467. The summed E-state index contributed by atoms with van der Waals surface area (Å²) in [4.78, 5) is 10.6. The van der Waals surface area contributed by atoms with E-state index in [0.29, 0.717) is 5.92 Å². The van der Waals surface area contributed by atoms with Gasteiger partial charge in [0.25, 0.3) is 0 Å². The number of hydrogen-bond donors (Lipinski definition) is 1. The first-order chi connectivity index (χ1) is 10.0. The Morgan fingerprint density at radius 1 is 1.38 bits per heavy atom. The number of anilines is 1. The molecule has 0 amide bonds. The standard InChI is InChI=1S/C15H19BrIN3S/c1-4-5-18-15-13(17)11(6-9(2)3)19-14(20-15)12-7-10(16)8-21-12/h7-9H,4-6H2,1-3H3,(H,18,19,20). The zero-order valence-electron chi connectivity index (χ0n) is 12.4. The van der Waals surface area contributed by atoms with Crippen LogP contribution in [-0.2, 0) is 6.42 Å². The van der Waals surface area contributed by atoms with E-state index in [2.05, 4.69) is 76.1 Å². The molecule has 0 saturated carbocycles. The summed E-state index contributed by atoms with van der Waals surface area (Å²) in [6, 6.07) is 2.08. The molecule has 0 saturated heterocycles. The molecule has 2 heterocycles. The summed E-state index contributed by atoms with van der Waals surface area (Å²) < 4.78 is 2.23. The van der Waals surface area contributed by atoms with E-state index in [-0.39, 0.29) is 0 Å². The van der Waals surface area contributed by atoms with Gasteiger partial charge < -0.3 is 5.32 Å². The van der Waals surface area contributed by atoms with Crippen LogP contribution in [0.4, 0.5) is 5.82 Å². The molecule has 21 heavy (non-hydrogen) atoms. The van der Waals surface area contributed by atoms with Gasteiger partial charge in [0.1, 0.15) is 5.82 Å². The summed E-state index contributed by atoms with van der Waals surface area (Å²) >= 11 is 7.53. The lowest BCUT2D eigenvalue weighted by Crippen LogP contribution is -2.10. The van der Waals surface area contributed by atoms with Crippen LogP contribution in [0.25, 0.3) is 10.7 Å². The van der Waals surface area contributed by atoms with Gasteiger partial charge in [-0.1, -0.05) is 20.8 Å². The van der Waals surface area contributed by atoms with Crippen LogP contribution in [0.1, 0.15) is 32.9 Å². The van der Waals surface area contributed by atoms with Crippen molar-refractivity contribution in [1.29, 1.82) is 0 Å². The molecule has 0 bridgehead atoms. The highest BCUT2D eigenvalue weighted by Crippen LogP contribution is 2.31. The quantitative estimate of drug-likeness (QED) is 0.548. The highest BCUT2D eigenvalue weighted by Gasteiger charge is 2.15. The second kappa shape index (κ2) is 7.87. The molecular formula is C15H19BrIN3S. The second-order valence-corrected chi connectivity index (χ2v) is 8.22. The van der Waals surface area contributed by atoms with E-state index in [9.17, 15) is 0 Å². The number of rotatable bonds is 6. The molecule has 0 atom stereocenters. The molecule has 0 spiro atoms. The van der Waals surface area contributed by atoms with Gasteiger partial charge in [-0.15, -0.1) is 11.3 Å². The third-order valence-electron chi connectivity index (χ3n) is 2.85. The maximum Gasteiger partial charge on any atom is 0.171 e. The molecule has 0 unspecified atom stereocenters. The minimum Gasteiger partial charge on any atom is -0.369 e. The number of hydrogen-bond acceptors (Lipinski definition) is 4. The van der Waals surface area contributed by atoms with E-state index in [1.165, 1.54) is 0 Å². The van der Waals surface area contributed by atoms with Crippen molar-refractivity contribution in [2.24, 2.45) is 5.92 Å². The number of halogens is 2. The zero-order valence-corrected chi connectivity index (χ0v) is 17.0. The van der Waals surface area contributed by atoms with Crippen molar-refractivity contribution >= 4 is 55.7 Å². The summed E-state index contributed by atoms with van der Waals surface area (Å²) in [6.07, 6.45) is 2.06. The monoisotopic (exact) mass is 479 g/mol. The summed E-state index contributed by atoms with van der Waals surface area (Å²) in [7, 11) is 0. The molecule has 2 aromatic rings. The van der Waals surface area contributed by atoms with E-state index in [1.54, 1.807) is 11.3 Å². The Bertz CT molecular complexity index is 613. The SMILES string of the molecule is CCCNc1nc(-c2cc(Br)cs2)nc(CC(C)C)c1I. The number of nitrogens with zero attached hydrogens (tertiary/aromatic N) is 2. The minimum atomic E-state index is 0.579. The number of thiophene rings is 1. The Morgan fingerprint density at radius 3 is 2.71 bits per heavy atom. The first-order valence-electron chi connectivity index (χ1n) is 7.06. The van der Waals surface area contributed by atoms with Crippen LogP contribution in [0.3, 0.4) is 0 Å². The maximum atomic E-state index is 4.80. The van der Waals surface area contributed by atoms with Gasteiger partial charge in [-0.3, -0.25) is 0 Å². The topological polar surface area (TPSA) is 37.8 Å². The molecule has 3 nitrogen and oxygen atoms in total. The van der Waals surface area contributed by atoms with Gasteiger partial charge >= 0.3 is 0 Å². The summed E-state index contributed by atoms with van der Waals surface area (Å²) in [5.41, 5.74) is 1.14. The normalized spacial score (nSPS) is 11.1. The Labute approximate surface area is 152 Å². The highest BCUT2D eigenvalue weighted by atomic mass is 127. The van der Waals surface area contributed by atoms with Crippen LogP contribution in [-0.4, -0.2) is 16.5 Å². The Hall–Kier alpha value is -0.210. The van der Waals surface area contributed by atoms with E-state index < -0.39 is 0 Å². The van der Waals surface area contributed by atoms with E-state index in [0.717, 1.165) is 49.6 Å². The van der Waals surface area contributed by atoms with Gasteiger partial charge in [0.05, 0.1) is 14.1 Å². The van der Waals surface area contributed by atoms with Crippen LogP contribution in [0.2, 0.25) is 0 Å². The van der Waals surface area contributed by atoms with Crippen molar-refractivity contribution in [3.8, 4) is 10.7 Å². The van der Waals surface area contributed by atoms with Gasteiger partial charge in [-0.2, -0.15) is 0 Å². The van der Waals surface area contributed by atoms with Crippen LogP contribution >= 0.6 is 49.9 Å². The van der Waals surface area contributed by atoms with Crippen LogP contribution in [0.5, 0.6) is 0 Å². The molecule has 114 valence electrons. The molecule has 0 aliphatic rings. The fourth-order valence-corrected chi connectivity index (χ4v) is 3.93. The van der Waals surface area contributed by atoms with Gasteiger partial charge in [-0.05, 0) is 63.3 Å². The average Bonchev–Trinajstić information content (AvgIpc) is 2.86. The van der Waals surface area contributed by atoms with Gasteiger partial charge in [-0.25, -0.2) is 9.97 Å². The van der Waals surface area contributed by atoms with Crippen molar-refractivity contribution in [2.75, 3.05) is 11.9 Å². The molecule has 1 N–H and O–H groups in total. The molecule has 0 aliphatic carbocycles. The minimum absolute atomic E-state index is 0.579. The van der Waals surface area contributed by atoms with E-state index >= 15 is 0 Å². The maximum absolute atomic E-state index is 4.80. The first-order valence-corrected chi connectivity index (χ1v) is 9.81. The van der Waals surface area contributed by atoms with E-state index in [1.807, 2.05) is 0 Å². The van der Waals surface area contributed by atoms with Crippen LogP contribution in [0, 0.1) is 9.49 Å². The lowest BCUT2D eigenvalue weighted by molar-refractivity contribution is 0.632. The van der Waals surface area contributed by atoms with Crippen molar-refractivity contribution in [2.45, 2.75) is 33.6 Å². The summed E-state index contributed by atoms with van der Waals surface area (Å²) in [5, 5.41) is 5.49. The van der Waals surface area contributed by atoms with Crippen molar-refractivity contribution < 1.29 is 0 Å². The Morgan fingerprint density at radius 2 is 2.14 bits per heavy atom. The Kier molecular flexibility index (Phi) is 6.43. The smallest absolute Gasteiger partial charge is 0.171 e. The highest BCUT2D eigenvalue weighted by molar-refractivity contribution is 14.1. The second-order valence-electron chi connectivity index (χ2n) is 5.31. The van der Waals surface area contributed by atoms with Crippen LogP contribution in [0.15, 0.2) is 15.9 Å². The summed E-state index contributed by atoms with van der Waals surface area (Å²) in [5.74, 6) is 2.36. The predicted molar refractivity (Wildman–Crippen MR) is 103 cm³/mol. The molecule has 0 aliphatic heterocycles. The molecule has 6 heteroatoms. The number of aromatic nitrogens is 2. The Balaban J connectivity index is 2.44. The molecule has 2 aromatic heterocycles. The zero-order chi connectivity index (χ0) is 15.4. The largest absolute Gasteiger partial charge is 0.369 e. The van der Waals surface area contributed by atoms with Gasteiger partial charge in [0.2, 0.25) is 0 Å². The third-order valence-corrected chi connectivity index (χ3v) is 5.67. The van der Waals surface area contributed by atoms with Crippen molar-refractivity contribution in [3.63, 3.8) is 0 Å². The van der Waals surface area contributed by atoms with E-state index in [4.69, 9.17) is 9.97 Å². The van der Waals surface area contributed by atoms with Gasteiger partial charge in [0.15, 0.2) is 5.82 Å². The molecule has 2 rings (SSSR count). The molecule has 0 fully saturated rings. The van der Waals surface area contributed by atoms with Crippen molar-refractivity contribution in [1.82, 2.24) is 9.97 Å². The van der Waals surface area contributed by atoms with Crippen molar-refractivity contribution in [3.05, 3.63) is 25.2 Å². The van der Waals surface area contributed by atoms with Gasteiger partial charge in [0, 0.05) is 16.4 Å².